The van der Waals surface area contributed by atoms with Crippen LogP contribution < -0.4 is 24.4 Å². The molecule has 1 amide bonds. The van der Waals surface area contributed by atoms with Crippen molar-refractivity contribution in [1.29, 1.82) is 0 Å². The number of benzene rings is 2. The van der Waals surface area contributed by atoms with Gasteiger partial charge in [0.05, 0.1) is 12.8 Å². The average molecular weight is 354 g/mol. The lowest BCUT2D eigenvalue weighted by atomic mass is 10.1. The summed E-state index contributed by atoms with van der Waals surface area (Å²) in [4.78, 5) is 15.0. The van der Waals surface area contributed by atoms with E-state index in [9.17, 15) is 4.79 Å². The second kappa shape index (κ2) is 7.15. The van der Waals surface area contributed by atoms with Crippen molar-refractivity contribution in [2.24, 2.45) is 0 Å². The first-order chi connectivity index (χ1) is 12.7. The third-order valence-electron chi connectivity index (χ3n) is 4.79. The molecule has 0 atom stereocenters. The van der Waals surface area contributed by atoms with Gasteiger partial charge in [0.15, 0.2) is 11.5 Å². The molecule has 2 aromatic rings. The van der Waals surface area contributed by atoms with Crippen molar-refractivity contribution in [3.63, 3.8) is 0 Å². The molecule has 0 aromatic heterocycles. The number of nitrogens with zero attached hydrogens (tertiary/aromatic N) is 1. The van der Waals surface area contributed by atoms with E-state index in [4.69, 9.17) is 14.2 Å². The molecule has 0 bridgehead atoms. The Labute approximate surface area is 152 Å². The van der Waals surface area contributed by atoms with Gasteiger partial charge < -0.3 is 24.4 Å². The molecule has 136 valence electrons. The highest BCUT2D eigenvalue weighted by molar-refractivity contribution is 6.05. The Morgan fingerprint density at radius 2 is 1.85 bits per heavy atom. The standard InChI is InChI=1S/C20H22N2O4/c1-24-17-8-6-15(22-9-3-2-4-10-22)12-16(17)21-20(23)14-5-7-18-19(11-14)26-13-25-18/h5-8,11-12H,2-4,9-10,13H2,1H3,(H,21,23). The van der Waals surface area contributed by atoms with Crippen LogP contribution >= 0.6 is 0 Å². The Kier molecular flexibility index (Phi) is 4.56. The number of carbonyl (C=O) groups excluding carboxylic acids is 1. The van der Waals surface area contributed by atoms with Crippen LogP contribution in [0, 0.1) is 0 Å². The zero-order valence-electron chi connectivity index (χ0n) is 14.8. The molecule has 0 spiro atoms. The number of piperidine rings is 1. The molecule has 2 aliphatic rings. The van der Waals surface area contributed by atoms with Gasteiger partial charge in [0, 0.05) is 24.3 Å². The summed E-state index contributed by atoms with van der Waals surface area (Å²) in [5, 5.41) is 2.96. The van der Waals surface area contributed by atoms with Crippen LogP contribution in [0.5, 0.6) is 17.2 Å². The quantitative estimate of drug-likeness (QED) is 0.908. The zero-order valence-corrected chi connectivity index (χ0v) is 14.8. The maximum absolute atomic E-state index is 12.7. The van der Waals surface area contributed by atoms with Crippen molar-refractivity contribution in [3.8, 4) is 17.2 Å². The maximum Gasteiger partial charge on any atom is 0.255 e. The van der Waals surface area contributed by atoms with Gasteiger partial charge in [0.25, 0.3) is 5.91 Å². The highest BCUT2D eigenvalue weighted by Crippen LogP contribution is 2.34. The lowest BCUT2D eigenvalue weighted by Gasteiger charge is -2.29. The van der Waals surface area contributed by atoms with E-state index in [1.807, 2.05) is 18.2 Å². The smallest absolute Gasteiger partial charge is 0.255 e. The van der Waals surface area contributed by atoms with E-state index in [2.05, 4.69) is 10.2 Å². The summed E-state index contributed by atoms with van der Waals surface area (Å²) in [5.74, 6) is 1.68. The van der Waals surface area contributed by atoms with Gasteiger partial charge in [-0.2, -0.15) is 0 Å². The van der Waals surface area contributed by atoms with Crippen LogP contribution in [-0.2, 0) is 0 Å². The SMILES string of the molecule is COc1ccc(N2CCCCC2)cc1NC(=O)c1ccc2c(c1)OCO2. The number of nitrogens with one attached hydrogen (secondary N) is 1. The number of anilines is 2. The van der Waals surface area contributed by atoms with Crippen molar-refractivity contribution >= 4 is 17.3 Å². The lowest BCUT2D eigenvalue weighted by Crippen LogP contribution is -2.29. The highest BCUT2D eigenvalue weighted by Gasteiger charge is 2.18. The van der Waals surface area contributed by atoms with E-state index in [1.54, 1.807) is 25.3 Å². The first-order valence-electron chi connectivity index (χ1n) is 8.88. The lowest BCUT2D eigenvalue weighted by molar-refractivity contribution is 0.102. The minimum absolute atomic E-state index is 0.187. The summed E-state index contributed by atoms with van der Waals surface area (Å²) in [7, 11) is 1.60. The average Bonchev–Trinajstić information content (AvgIpc) is 3.16. The van der Waals surface area contributed by atoms with Gasteiger partial charge in [-0.1, -0.05) is 0 Å². The zero-order chi connectivity index (χ0) is 17.9. The maximum atomic E-state index is 12.7. The second-order valence-electron chi connectivity index (χ2n) is 6.45. The number of methoxy groups -OCH3 is 1. The Hall–Kier alpha value is -2.89. The van der Waals surface area contributed by atoms with Crippen molar-refractivity contribution in [2.45, 2.75) is 19.3 Å². The van der Waals surface area contributed by atoms with E-state index in [-0.39, 0.29) is 12.7 Å². The van der Waals surface area contributed by atoms with E-state index in [0.717, 1.165) is 18.8 Å². The molecule has 2 aromatic carbocycles. The fourth-order valence-corrected chi connectivity index (χ4v) is 3.37. The van der Waals surface area contributed by atoms with Crippen molar-refractivity contribution < 1.29 is 19.0 Å². The molecule has 0 saturated carbocycles. The van der Waals surface area contributed by atoms with Crippen LogP contribution in [0.15, 0.2) is 36.4 Å². The number of amides is 1. The van der Waals surface area contributed by atoms with Crippen LogP contribution in [0.2, 0.25) is 0 Å². The molecule has 6 heteroatoms. The van der Waals surface area contributed by atoms with Crippen LogP contribution in [0.1, 0.15) is 29.6 Å². The van der Waals surface area contributed by atoms with Gasteiger partial charge in [-0.05, 0) is 55.7 Å². The van der Waals surface area contributed by atoms with Crippen molar-refractivity contribution in [2.75, 3.05) is 37.2 Å². The van der Waals surface area contributed by atoms with Gasteiger partial charge in [-0.3, -0.25) is 4.79 Å². The Bertz CT molecular complexity index is 815. The Morgan fingerprint density at radius 1 is 1.04 bits per heavy atom. The van der Waals surface area contributed by atoms with Crippen LogP contribution in [0.3, 0.4) is 0 Å². The van der Waals surface area contributed by atoms with Gasteiger partial charge in [-0.25, -0.2) is 0 Å². The molecule has 2 aliphatic heterocycles. The normalized spacial score (nSPS) is 15.7. The molecule has 2 heterocycles. The van der Waals surface area contributed by atoms with E-state index in [1.165, 1.54) is 19.3 Å². The fourth-order valence-electron chi connectivity index (χ4n) is 3.37. The van der Waals surface area contributed by atoms with Crippen molar-refractivity contribution in [1.82, 2.24) is 0 Å². The monoisotopic (exact) mass is 354 g/mol. The predicted octanol–water partition coefficient (Wildman–Crippen LogP) is 3.67. The molecule has 0 aliphatic carbocycles. The third kappa shape index (κ3) is 3.27. The first kappa shape index (κ1) is 16.6. The molecule has 1 fully saturated rings. The minimum atomic E-state index is -0.211. The molecule has 0 unspecified atom stereocenters. The second-order valence-corrected chi connectivity index (χ2v) is 6.45. The summed E-state index contributed by atoms with van der Waals surface area (Å²) in [5.41, 5.74) is 2.28. The molecule has 26 heavy (non-hydrogen) atoms. The summed E-state index contributed by atoms with van der Waals surface area (Å²) >= 11 is 0. The molecule has 0 radical (unpaired) electrons. The van der Waals surface area contributed by atoms with E-state index in [0.29, 0.717) is 28.5 Å². The Balaban J connectivity index is 1.56. The summed E-state index contributed by atoms with van der Waals surface area (Å²) in [6.45, 7) is 2.27. The predicted molar refractivity (Wildman–Crippen MR) is 99.6 cm³/mol. The fraction of sp³-hybridized carbons (Fsp3) is 0.350. The van der Waals surface area contributed by atoms with Gasteiger partial charge >= 0.3 is 0 Å². The molecule has 6 nitrogen and oxygen atoms in total. The molecule has 1 saturated heterocycles. The number of fused-ring (bicyclic) bond motifs is 1. The number of hydrogen-bond donors (Lipinski definition) is 1. The first-order valence-corrected chi connectivity index (χ1v) is 8.88. The summed E-state index contributed by atoms with van der Waals surface area (Å²) in [6, 6.07) is 11.1. The van der Waals surface area contributed by atoms with Crippen molar-refractivity contribution in [3.05, 3.63) is 42.0 Å². The molecule has 1 N–H and O–H groups in total. The van der Waals surface area contributed by atoms with Gasteiger partial charge in [-0.15, -0.1) is 0 Å². The van der Waals surface area contributed by atoms with E-state index >= 15 is 0 Å². The number of hydrogen-bond acceptors (Lipinski definition) is 5. The van der Waals surface area contributed by atoms with Gasteiger partial charge in [0.1, 0.15) is 5.75 Å². The highest BCUT2D eigenvalue weighted by atomic mass is 16.7. The summed E-state index contributed by atoms with van der Waals surface area (Å²) in [6.07, 6.45) is 3.68. The topological polar surface area (TPSA) is 60.0 Å². The molecular weight excluding hydrogens is 332 g/mol. The van der Waals surface area contributed by atoms with Crippen LogP contribution in [0.25, 0.3) is 0 Å². The number of rotatable bonds is 4. The Morgan fingerprint density at radius 3 is 2.65 bits per heavy atom. The van der Waals surface area contributed by atoms with Crippen LogP contribution in [0.4, 0.5) is 11.4 Å². The third-order valence-corrected chi connectivity index (χ3v) is 4.79. The largest absolute Gasteiger partial charge is 0.495 e. The van der Waals surface area contributed by atoms with Gasteiger partial charge in [0.2, 0.25) is 6.79 Å². The summed E-state index contributed by atoms with van der Waals surface area (Å²) < 4.78 is 16.1. The number of carbonyl (C=O) groups is 1. The molecular formula is C20H22N2O4. The molecule has 4 rings (SSSR count). The van der Waals surface area contributed by atoms with E-state index < -0.39 is 0 Å². The minimum Gasteiger partial charge on any atom is -0.495 e. The van der Waals surface area contributed by atoms with Crippen LogP contribution in [-0.4, -0.2) is 32.9 Å². The number of ether oxygens (including phenoxy) is 3.